The molecular formula is C12H12Cl2N2O2. The molecular weight excluding hydrogens is 275 g/mol. The first-order valence-corrected chi connectivity index (χ1v) is 6.65. The van der Waals surface area contributed by atoms with Gasteiger partial charge < -0.3 is 9.64 Å². The fourth-order valence-corrected chi connectivity index (χ4v) is 2.77. The van der Waals surface area contributed by atoms with Crippen LogP contribution in [0.3, 0.4) is 0 Å². The van der Waals surface area contributed by atoms with Gasteiger partial charge in [-0.2, -0.15) is 0 Å². The summed E-state index contributed by atoms with van der Waals surface area (Å²) in [4.78, 5) is 18.0. The lowest BCUT2D eigenvalue weighted by Gasteiger charge is -2.32. The number of fused-ring (bicyclic) bond motifs is 2. The van der Waals surface area contributed by atoms with Crippen molar-refractivity contribution in [1.29, 1.82) is 0 Å². The maximum atomic E-state index is 12.3. The summed E-state index contributed by atoms with van der Waals surface area (Å²) in [6, 6.07) is 1.57. The van der Waals surface area contributed by atoms with Gasteiger partial charge in [0.25, 0.3) is 5.91 Å². The number of halogens is 2. The van der Waals surface area contributed by atoms with Crippen molar-refractivity contribution in [2.45, 2.75) is 25.0 Å². The Labute approximate surface area is 115 Å². The Morgan fingerprint density at radius 1 is 1.33 bits per heavy atom. The Balaban J connectivity index is 1.79. The van der Waals surface area contributed by atoms with Crippen molar-refractivity contribution in [2.24, 2.45) is 0 Å². The molecule has 1 aromatic heterocycles. The first-order chi connectivity index (χ1) is 8.63. The van der Waals surface area contributed by atoms with Crippen molar-refractivity contribution in [3.05, 3.63) is 28.0 Å². The second kappa shape index (κ2) is 4.68. The molecule has 0 spiro atoms. The van der Waals surface area contributed by atoms with Crippen molar-refractivity contribution in [3.63, 3.8) is 0 Å². The highest BCUT2D eigenvalue weighted by Crippen LogP contribution is 2.28. The fraction of sp³-hybridized carbons (Fsp3) is 0.500. The number of ether oxygens (including phenoxy) is 1. The van der Waals surface area contributed by atoms with E-state index in [-0.39, 0.29) is 23.3 Å². The van der Waals surface area contributed by atoms with Crippen LogP contribution < -0.4 is 0 Å². The summed E-state index contributed by atoms with van der Waals surface area (Å²) in [5.74, 6) is -0.0544. The Bertz CT molecular complexity index is 483. The molecule has 3 rings (SSSR count). The van der Waals surface area contributed by atoms with E-state index in [9.17, 15) is 4.79 Å². The van der Waals surface area contributed by atoms with Crippen LogP contribution in [0.2, 0.25) is 10.2 Å². The SMILES string of the molecule is O=C(c1cnc(Cl)c(Cl)c1)N1CC2CCC(C1)O2. The van der Waals surface area contributed by atoms with Gasteiger partial charge in [0, 0.05) is 19.3 Å². The topological polar surface area (TPSA) is 42.4 Å². The van der Waals surface area contributed by atoms with E-state index in [0.29, 0.717) is 23.7 Å². The first-order valence-electron chi connectivity index (χ1n) is 5.89. The minimum Gasteiger partial charge on any atom is -0.371 e. The lowest BCUT2D eigenvalue weighted by Crippen LogP contribution is -2.45. The monoisotopic (exact) mass is 286 g/mol. The molecule has 2 atom stereocenters. The number of hydrogen-bond acceptors (Lipinski definition) is 3. The number of rotatable bonds is 1. The average Bonchev–Trinajstić information content (AvgIpc) is 2.71. The van der Waals surface area contributed by atoms with Crippen LogP contribution in [0, 0.1) is 0 Å². The number of carbonyl (C=O) groups is 1. The molecule has 2 saturated heterocycles. The number of amides is 1. The maximum Gasteiger partial charge on any atom is 0.255 e. The minimum absolute atomic E-state index is 0.0544. The van der Waals surface area contributed by atoms with Gasteiger partial charge in [0.1, 0.15) is 5.15 Å². The molecule has 2 aliphatic rings. The summed E-state index contributed by atoms with van der Waals surface area (Å²) >= 11 is 11.6. The molecule has 1 amide bonds. The van der Waals surface area contributed by atoms with Crippen molar-refractivity contribution < 1.29 is 9.53 Å². The quantitative estimate of drug-likeness (QED) is 0.745. The normalized spacial score (nSPS) is 26.4. The van der Waals surface area contributed by atoms with Crippen molar-refractivity contribution in [2.75, 3.05) is 13.1 Å². The summed E-state index contributed by atoms with van der Waals surface area (Å²) in [5.41, 5.74) is 0.478. The van der Waals surface area contributed by atoms with E-state index in [1.165, 1.54) is 6.20 Å². The average molecular weight is 287 g/mol. The van der Waals surface area contributed by atoms with E-state index in [0.717, 1.165) is 12.8 Å². The zero-order chi connectivity index (χ0) is 12.7. The number of carbonyl (C=O) groups excluding carboxylic acids is 1. The summed E-state index contributed by atoms with van der Waals surface area (Å²) in [6.45, 7) is 1.30. The van der Waals surface area contributed by atoms with E-state index < -0.39 is 0 Å². The van der Waals surface area contributed by atoms with Crippen LogP contribution in [0.5, 0.6) is 0 Å². The van der Waals surface area contributed by atoms with E-state index in [1.807, 2.05) is 4.90 Å². The zero-order valence-electron chi connectivity index (χ0n) is 9.60. The number of pyridine rings is 1. The molecule has 0 N–H and O–H groups in total. The Morgan fingerprint density at radius 2 is 2.00 bits per heavy atom. The van der Waals surface area contributed by atoms with Crippen LogP contribution in [-0.2, 0) is 4.74 Å². The van der Waals surface area contributed by atoms with Crippen LogP contribution >= 0.6 is 23.2 Å². The predicted molar refractivity (Wildman–Crippen MR) is 68.1 cm³/mol. The molecule has 0 saturated carbocycles. The molecule has 2 unspecified atom stereocenters. The number of morpholine rings is 1. The van der Waals surface area contributed by atoms with Crippen LogP contribution in [0.15, 0.2) is 12.3 Å². The molecule has 3 heterocycles. The minimum atomic E-state index is -0.0544. The second-order valence-corrected chi connectivity index (χ2v) is 5.43. The molecule has 1 aromatic rings. The lowest BCUT2D eigenvalue weighted by atomic mass is 10.2. The van der Waals surface area contributed by atoms with Crippen LogP contribution in [0.25, 0.3) is 0 Å². The van der Waals surface area contributed by atoms with E-state index >= 15 is 0 Å². The maximum absolute atomic E-state index is 12.3. The van der Waals surface area contributed by atoms with Crippen molar-refractivity contribution in [3.8, 4) is 0 Å². The zero-order valence-corrected chi connectivity index (χ0v) is 11.1. The summed E-state index contributed by atoms with van der Waals surface area (Å²) in [7, 11) is 0. The third kappa shape index (κ3) is 2.20. The highest BCUT2D eigenvalue weighted by Gasteiger charge is 2.36. The molecule has 2 aliphatic heterocycles. The van der Waals surface area contributed by atoms with Gasteiger partial charge in [0.15, 0.2) is 0 Å². The van der Waals surface area contributed by atoms with Crippen molar-refractivity contribution >= 4 is 29.1 Å². The molecule has 0 aromatic carbocycles. The summed E-state index contributed by atoms with van der Waals surface area (Å²) < 4.78 is 5.70. The van der Waals surface area contributed by atoms with Gasteiger partial charge in [0.05, 0.1) is 22.8 Å². The molecule has 4 nitrogen and oxygen atoms in total. The molecule has 0 radical (unpaired) electrons. The van der Waals surface area contributed by atoms with Crippen LogP contribution in [-0.4, -0.2) is 41.1 Å². The molecule has 96 valence electrons. The van der Waals surface area contributed by atoms with Gasteiger partial charge in [0.2, 0.25) is 0 Å². The number of hydrogen-bond donors (Lipinski definition) is 0. The van der Waals surface area contributed by atoms with E-state index in [1.54, 1.807) is 6.07 Å². The highest BCUT2D eigenvalue weighted by atomic mass is 35.5. The predicted octanol–water partition coefficient (Wildman–Crippen LogP) is 2.39. The highest BCUT2D eigenvalue weighted by molar-refractivity contribution is 6.41. The van der Waals surface area contributed by atoms with Gasteiger partial charge in [-0.3, -0.25) is 4.79 Å². The van der Waals surface area contributed by atoms with E-state index in [4.69, 9.17) is 27.9 Å². The smallest absolute Gasteiger partial charge is 0.255 e. The molecule has 0 aliphatic carbocycles. The third-order valence-electron chi connectivity index (χ3n) is 3.37. The second-order valence-electron chi connectivity index (χ2n) is 4.66. The standard InChI is InChI=1S/C12H12Cl2N2O2/c13-10-3-7(4-15-11(10)14)12(17)16-5-8-1-2-9(6-16)18-8/h3-4,8-9H,1-2,5-6H2. The van der Waals surface area contributed by atoms with E-state index in [2.05, 4.69) is 4.98 Å². The van der Waals surface area contributed by atoms with Gasteiger partial charge in [-0.25, -0.2) is 4.98 Å². The Morgan fingerprint density at radius 3 is 2.61 bits per heavy atom. The number of aromatic nitrogens is 1. The Hall–Kier alpha value is -0.840. The van der Waals surface area contributed by atoms with Crippen molar-refractivity contribution in [1.82, 2.24) is 9.88 Å². The summed E-state index contributed by atoms with van der Waals surface area (Å²) in [6.07, 6.45) is 3.91. The molecule has 6 heteroatoms. The molecule has 18 heavy (non-hydrogen) atoms. The summed E-state index contributed by atoms with van der Waals surface area (Å²) in [5, 5.41) is 0.522. The van der Waals surface area contributed by atoms with Crippen LogP contribution in [0.4, 0.5) is 0 Å². The fourth-order valence-electron chi connectivity index (χ4n) is 2.50. The largest absolute Gasteiger partial charge is 0.371 e. The first kappa shape index (κ1) is 12.2. The van der Waals surface area contributed by atoms with Gasteiger partial charge in [-0.05, 0) is 18.9 Å². The molecule has 2 bridgehead atoms. The molecule has 2 fully saturated rings. The van der Waals surface area contributed by atoms with Gasteiger partial charge in [-0.15, -0.1) is 0 Å². The van der Waals surface area contributed by atoms with Crippen LogP contribution in [0.1, 0.15) is 23.2 Å². The number of likely N-dealkylation sites (tertiary alicyclic amines) is 1. The third-order valence-corrected chi connectivity index (χ3v) is 4.06. The van der Waals surface area contributed by atoms with Gasteiger partial charge in [-0.1, -0.05) is 23.2 Å². The Kier molecular flexibility index (Phi) is 3.18. The number of nitrogens with zero attached hydrogens (tertiary/aromatic N) is 2. The van der Waals surface area contributed by atoms with Gasteiger partial charge >= 0.3 is 0 Å². The lowest BCUT2D eigenvalue weighted by molar-refractivity contribution is -0.0303.